The van der Waals surface area contributed by atoms with Crippen molar-refractivity contribution in [3.05, 3.63) is 56.8 Å². The molecule has 2 aromatic rings. The van der Waals surface area contributed by atoms with Crippen LogP contribution >= 0.6 is 11.3 Å². The first-order valence-electron chi connectivity index (χ1n) is 11.1. The maximum Gasteiger partial charge on any atom is 0.490 e. The van der Waals surface area contributed by atoms with E-state index in [1.807, 2.05) is 6.92 Å². The number of aryl methyl sites for hydroxylation is 3. The second kappa shape index (κ2) is 14.4. The molecule has 0 fully saturated rings. The summed E-state index contributed by atoms with van der Waals surface area (Å²) >= 11 is 1.18. The van der Waals surface area contributed by atoms with Gasteiger partial charge in [-0.15, -0.1) is 11.3 Å². The summed E-state index contributed by atoms with van der Waals surface area (Å²) in [5.41, 5.74) is 12.4. The number of thiophene rings is 1. The van der Waals surface area contributed by atoms with E-state index in [1.54, 1.807) is 50.3 Å². The van der Waals surface area contributed by atoms with Crippen LogP contribution in [0.1, 0.15) is 31.2 Å². The molecule has 0 unspecified atom stereocenters. The molecule has 220 valence electrons. The van der Waals surface area contributed by atoms with Crippen molar-refractivity contribution < 1.29 is 46.2 Å². The minimum absolute atomic E-state index is 0.0257. The fourth-order valence-corrected chi connectivity index (χ4v) is 5.69. The van der Waals surface area contributed by atoms with E-state index in [2.05, 4.69) is 15.0 Å². The first-order valence-corrected chi connectivity index (χ1v) is 13.4. The molecule has 8 N–H and O–H groups in total. The predicted molar refractivity (Wildman–Crippen MR) is 142 cm³/mol. The summed E-state index contributed by atoms with van der Waals surface area (Å²) in [6.45, 7) is 5.00. The van der Waals surface area contributed by atoms with Gasteiger partial charge in [0.2, 0.25) is 10.0 Å². The third-order valence-corrected chi connectivity index (χ3v) is 7.52. The van der Waals surface area contributed by atoms with Crippen LogP contribution < -0.4 is 21.5 Å². The molecule has 0 aliphatic heterocycles. The van der Waals surface area contributed by atoms with Gasteiger partial charge in [-0.1, -0.05) is 23.8 Å². The number of hydrogen-bond acceptors (Lipinski definition) is 7. The van der Waals surface area contributed by atoms with Crippen molar-refractivity contribution in [1.82, 2.24) is 10.0 Å². The predicted octanol–water partition coefficient (Wildman–Crippen LogP) is 1.75. The fourth-order valence-electron chi connectivity index (χ4n) is 3.19. The van der Waals surface area contributed by atoms with Gasteiger partial charge in [-0.25, -0.2) is 18.2 Å². The Bertz CT molecular complexity index is 1380. The van der Waals surface area contributed by atoms with Crippen LogP contribution in [0.25, 0.3) is 6.08 Å². The number of aliphatic carboxylic acids is 2. The van der Waals surface area contributed by atoms with E-state index in [0.29, 0.717) is 22.5 Å². The maximum atomic E-state index is 12.9. The summed E-state index contributed by atoms with van der Waals surface area (Å²) < 4.78 is 59.7. The number of aliphatic imine (C=N–C) groups is 1. The third kappa shape index (κ3) is 11.0. The number of carboxylic acids is 2. The molecule has 17 heteroatoms. The van der Waals surface area contributed by atoms with E-state index in [0.717, 1.165) is 10.4 Å². The van der Waals surface area contributed by atoms with Crippen molar-refractivity contribution in [1.29, 1.82) is 0 Å². The average molecular weight is 608 g/mol. The number of hydrogen-bond donors (Lipinski definition) is 6. The van der Waals surface area contributed by atoms with Crippen molar-refractivity contribution in [2.45, 2.75) is 37.9 Å². The number of carbonyl (C=O) groups excluding carboxylic acids is 1. The second-order valence-electron chi connectivity index (χ2n) is 8.12. The highest BCUT2D eigenvalue weighted by atomic mass is 32.2. The van der Waals surface area contributed by atoms with Crippen LogP contribution in [-0.4, -0.2) is 67.7 Å². The van der Waals surface area contributed by atoms with Gasteiger partial charge >= 0.3 is 18.1 Å². The SMILES string of the molecule is Cc1cc(C)c(S(=O)(=O)N[C@@H](CNC(=O)c2ccc(/C=C/CN=C(N)N)s2)C(=O)O)c(C)c1.O=C(O)C(F)(F)F. The molecule has 1 atom stereocenters. The van der Waals surface area contributed by atoms with Gasteiger partial charge in [0.15, 0.2) is 5.96 Å². The third-order valence-electron chi connectivity index (χ3n) is 4.69. The number of guanidine groups is 1. The fraction of sp³-hybridized carbons (Fsp3) is 0.304. The standard InChI is InChI=1S/C21H27N5O5S2.C2HF3O2/c1-12-9-13(2)18(14(3)10-12)33(30,31)26-16(20(28)29)11-25-19(27)17-7-6-15(32-17)5-4-8-24-21(22)23;3-2(4,5)1(6)7/h4-7,9-10,16,26H,8,11H2,1-3H3,(H,25,27)(H,28,29)(H4,22,23,24);(H,6,7)/b5-4+;/t16-;/m0./s1. The smallest absolute Gasteiger partial charge is 0.480 e. The van der Waals surface area contributed by atoms with Gasteiger partial charge in [-0.05, 0) is 50.1 Å². The topological polar surface area (TPSA) is 214 Å². The number of sulfonamides is 1. The number of nitrogens with zero attached hydrogens (tertiary/aromatic N) is 1. The summed E-state index contributed by atoms with van der Waals surface area (Å²) in [5.74, 6) is -4.71. The van der Waals surface area contributed by atoms with Crippen LogP contribution in [0.15, 0.2) is 40.2 Å². The van der Waals surface area contributed by atoms with E-state index >= 15 is 0 Å². The zero-order valence-corrected chi connectivity index (χ0v) is 23.1. The molecule has 0 radical (unpaired) electrons. The normalized spacial score (nSPS) is 12.2. The van der Waals surface area contributed by atoms with Crippen molar-refractivity contribution in [3.8, 4) is 0 Å². The number of alkyl halides is 3. The van der Waals surface area contributed by atoms with Gasteiger partial charge in [0.05, 0.1) is 16.3 Å². The monoisotopic (exact) mass is 607 g/mol. The molecule has 1 heterocycles. The van der Waals surface area contributed by atoms with Crippen molar-refractivity contribution in [2.24, 2.45) is 16.5 Å². The summed E-state index contributed by atoms with van der Waals surface area (Å²) in [6, 6.07) is 5.17. The molecule has 0 spiro atoms. The van der Waals surface area contributed by atoms with Gasteiger partial charge in [0.25, 0.3) is 5.91 Å². The number of amides is 1. The van der Waals surface area contributed by atoms with Crippen molar-refractivity contribution in [2.75, 3.05) is 13.1 Å². The van der Waals surface area contributed by atoms with E-state index in [4.69, 9.17) is 21.4 Å². The van der Waals surface area contributed by atoms with Crippen LogP contribution in [0.2, 0.25) is 0 Å². The molecular weight excluding hydrogens is 579 g/mol. The highest BCUT2D eigenvalue weighted by molar-refractivity contribution is 7.89. The van der Waals surface area contributed by atoms with Crippen molar-refractivity contribution >= 4 is 51.2 Å². The van der Waals surface area contributed by atoms with Crippen LogP contribution in [0.3, 0.4) is 0 Å². The first kappa shape index (κ1) is 34.1. The van der Waals surface area contributed by atoms with Gasteiger partial charge in [0, 0.05) is 11.4 Å². The Kier molecular flexibility index (Phi) is 12.3. The molecule has 0 saturated carbocycles. The molecular formula is C23H28F3N5O7S2. The van der Waals surface area contributed by atoms with Crippen LogP contribution in [0.4, 0.5) is 13.2 Å². The Labute approximate surface area is 231 Å². The van der Waals surface area contributed by atoms with Crippen LogP contribution in [0.5, 0.6) is 0 Å². The molecule has 1 aromatic heterocycles. The quantitative estimate of drug-likeness (QED) is 0.171. The zero-order chi connectivity index (χ0) is 30.8. The molecule has 40 heavy (non-hydrogen) atoms. The summed E-state index contributed by atoms with van der Waals surface area (Å²) in [4.78, 5) is 38.0. The van der Waals surface area contributed by atoms with Gasteiger partial charge in [0.1, 0.15) is 6.04 Å². The highest BCUT2D eigenvalue weighted by Crippen LogP contribution is 2.22. The molecule has 0 bridgehead atoms. The average Bonchev–Trinajstić information content (AvgIpc) is 3.27. The number of rotatable bonds is 10. The Morgan fingerprint density at radius 1 is 1.10 bits per heavy atom. The highest BCUT2D eigenvalue weighted by Gasteiger charge is 2.38. The molecule has 0 aliphatic carbocycles. The second-order valence-corrected chi connectivity index (χ2v) is 10.9. The summed E-state index contributed by atoms with van der Waals surface area (Å²) in [7, 11) is -4.13. The molecule has 12 nitrogen and oxygen atoms in total. The number of benzene rings is 1. The minimum atomic E-state index is -5.08. The first-order chi connectivity index (χ1) is 18.3. The lowest BCUT2D eigenvalue weighted by Crippen LogP contribution is -2.48. The van der Waals surface area contributed by atoms with Gasteiger partial charge in [-0.3, -0.25) is 9.59 Å². The van der Waals surface area contributed by atoms with Crippen LogP contribution in [-0.2, 0) is 19.6 Å². The Morgan fingerprint density at radius 2 is 1.65 bits per heavy atom. The molecule has 1 aromatic carbocycles. The zero-order valence-electron chi connectivity index (χ0n) is 21.4. The maximum absolute atomic E-state index is 12.9. The number of nitrogens with one attached hydrogen (secondary N) is 2. The summed E-state index contributed by atoms with van der Waals surface area (Å²) in [6.07, 6.45) is -1.62. The molecule has 2 rings (SSSR count). The Hall–Kier alpha value is -3.96. The lowest BCUT2D eigenvalue weighted by Gasteiger charge is -2.18. The van der Waals surface area contributed by atoms with E-state index < -0.39 is 46.6 Å². The molecule has 0 saturated heterocycles. The van der Waals surface area contributed by atoms with Gasteiger partial charge < -0.3 is 27.0 Å². The van der Waals surface area contributed by atoms with Crippen molar-refractivity contribution in [3.63, 3.8) is 0 Å². The number of carbonyl (C=O) groups is 3. The molecule has 1 amide bonds. The van der Waals surface area contributed by atoms with E-state index in [-0.39, 0.29) is 10.9 Å². The van der Waals surface area contributed by atoms with E-state index in [1.165, 1.54) is 11.3 Å². The Balaban J connectivity index is 0.00000101. The minimum Gasteiger partial charge on any atom is -0.480 e. The lowest BCUT2D eigenvalue weighted by atomic mass is 10.1. The molecule has 0 aliphatic rings. The summed E-state index contributed by atoms with van der Waals surface area (Å²) in [5, 5.41) is 19.1. The number of carboxylic acid groups (broad SMARTS) is 2. The van der Waals surface area contributed by atoms with Crippen LogP contribution in [0, 0.1) is 20.8 Å². The largest absolute Gasteiger partial charge is 0.490 e. The lowest BCUT2D eigenvalue weighted by molar-refractivity contribution is -0.192. The number of halogens is 3. The van der Waals surface area contributed by atoms with E-state index in [9.17, 15) is 36.3 Å². The number of nitrogens with two attached hydrogens (primary N) is 2. The van der Waals surface area contributed by atoms with Gasteiger partial charge in [-0.2, -0.15) is 17.9 Å². The Morgan fingerprint density at radius 3 is 2.12 bits per heavy atom.